The van der Waals surface area contributed by atoms with Crippen molar-refractivity contribution in [3.8, 4) is 17.1 Å². The van der Waals surface area contributed by atoms with E-state index < -0.39 is 5.97 Å². The largest absolute Gasteiger partial charge is 0.497 e. The van der Waals surface area contributed by atoms with Crippen LogP contribution in [0.3, 0.4) is 0 Å². The van der Waals surface area contributed by atoms with Gasteiger partial charge in [-0.1, -0.05) is 0 Å². The van der Waals surface area contributed by atoms with E-state index in [1.807, 2.05) is 12.1 Å². The van der Waals surface area contributed by atoms with Gasteiger partial charge in [0.05, 0.1) is 19.8 Å². The van der Waals surface area contributed by atoms with Gasteiger partial charge in [0.2, 0.25) is 0 Å². The summed E-state index contributed by atoms with van der Waals surface area (Å²) in [7, 11) is 1.59. The molecular formula is C21H26O7. The summed E-state index contributed by atoms with van der Waals surface area (Å²) in [5.74, 6) is 1.33. The van der Waals surface area contributed by atoms with Crippen LogP contribution in [0.1, 0.15) is 47.0 Å². The summed E-state index contributed by atoms with van der Waals surface area (Å²) in [4.78, 5) is 12.8. The average molecular weight is 390 g/mol. The van der Waals surface area contributed by atoms with Crippen molar-refractivity contribution in [2.75, 3.05) is 33.5 Å². The Morgan fingerprint density at radius 2 is 1.96 bits per heavy atom. The second-order valence-electron chi connectivity index (χ2n) is 6.56. The van der Waals surface area contributed by atoms with Gasteiger partial charge in [0.15, 0.2) is 0 Å². The normalized spacial score (nSPS) is 15.9. The standard InChI is InChI=1S/C21H26O7/c1-25-15-8-6-14(7-9-15)20-19(21(24)27-13-11-23)18-16(26-12-3-10-22)4-2-5-17(18)28-20/h6-9,16,22-23H,2-5,10-13H2,1H3. The highest BCUT2D eigenvalue weighted by Gasteiger charge is 2.34. The number of aryl methyl sites for hydroxylation is 1. The average Bonchev–Trinajstić information content (AvgIpc) is 3.13. The van der Waals surface area contributed by atoms with Gasteiger partial charge in [0.1, 0.15) is 29.4 Å². The number of aliphatic hydroxyl groups is 2. The summed E-state index contributed by atoms with van der Waals surface area (Å²) in [6.45, 7) is 0.110. The molecule has 1 unspecified atom stereocenters. The van der Waals surface area contributed by atoms with E-state index in [1.165, 1.54) is 0 Å². The van der Waals surface area contributed by atoms with Crippen molar-refractivity contribution in [1.29, 1.82) is 0 Å². The Bertz CT molecular complexity index is 779. The highest BCUT2D eigenvalue weighted by Crippen LogP contribution is 2.42. The highest BCUT2D eigenvalue weighted by molar-refractivity contribution is 5.98. The number of aliphatic hydroxyl groups excluding tert-OH is 2. The van der Waals surface area contributed by atoms with Crippen molar-refractivity contribution < 1.29 is 33.6 Å². The molecule has 1 aromatic carbocycles. The lowest BCUT2D eigenvalue weighted by molar-refractivity contribution is 0.0275. The molecule has 3 rings (SSSR count). The molecule has 1 aliphatic rings. The zero-order chi connectivity index (χ0) is 19.9. The van der Waals surface area contributed by atoms with Gasteiger partial charge < -0.3 is 28.8 Å². The number of fused-ring (bicyclic) bond motifs is 1. The maximum absolute atomic E-state index is 12.8. The maximum atomic E-state index is 12.8. The Hall–Kier alpha value is -2.35. The number of benzene rings is 1. The summed E-state index contributed by atoms with van der Waals surface area (Å²) >= 11 is 0. The molecule has 0 aliphatic heterocycles. The third kappa shape index (κ3) is 4.38. The molecule has 1 aromatic heterocycles. The van der Waals surface area contributed by atoms with Crippen LogP contribution in [0, 0.1) is 0 Å². The van der Waals surface area contributed by atoms with Gasteiger partial charge in [0, 0.05) is 30.8 Å². The van der Waals surface area contributed by atoms with Crippen LogP contribution in [0.2, 0.25) is 0 Å². The summed E-state index contributed by atoms with van der Waals surface area (Å²) < 4.78 is 22.4. The molecule has 0 saturated heterocycles. The molecule has 1 heterocycles. The molecule has 7 nitrogen and oxygen atoms in total. The minimum atomic E-state index is -0.539. The number of hydrogen-bond acceptors (Lipinski definition) is 7. The van der Waals surface area contributed by atoms with Crippen molar-refractivity contribution in [3.05, 3.63) is 41.2 Å². The molecule has 28 heavy (non-hydrogen) atoms. The summed E-state index contributed by atoms with van der Waals surface area (Å²) in [6.07, 6.45) is 2.60. The van der Waals surface area contributed by atoms with Gasteiger partial charge in [-0.15, -0.1) is 0 Å². The predicted molar refractivity (Wildman–Crippen MR) is 101 cm³/mol. The molecule has 1 aliphatic carbocycles. The molecular weight excluding hydrogens is 364 g/mol. The molecule has 152 valence electrons. The van der Waals surface area contributed by atoms with Crippen molar-refractivity contribution >= 4 is 5.97 Å². The summed E-state index contributed by atoms with van der Waals surface area (Å²) in [5.41, 5.74) is 1.81. The number of furan rings is 1. The fourth-order valence-electron chi connectivity index (χ4n) is 3.43. The Kier molecular flexibility index (Phi) is 7.08. The van der Waals surface area contributed by atoms with E-state index in [4.69, 9.17) is 28.8 Å². The fourth-order valence-corrected chi connectivity index (χ4v) is 3.43. The number of carbonyl (C=O) groups excluding carboxylic acids is 1. The van der Waals surface area contributed by atoms with Crippen LogP contribution in [0.4, 0.5) is 0 Å². The molecule has 0 radical (unpaired) electrons. The number of carbonyl (C=O) groups is 1. The van der Waals surface area contributed by atoms with Crippen LogP contribution in [-0.2, 0) is 15.9 Å². The molecule has 0 spiro atoms. The van der Waals surface area contributed by atoms with Gasteiger partial charge in [-0.25, -0.2) is 4.79 Å². The maximum Gasteiger partial charge on any atom is 0.342 e. The van der Waals surface area contributed by atoms with Gasteiger partial charge in [-0.2, -0.15) is 0 Å². The lowest BCUT2D eigenvalue weighted by atomic mass is 9.91. The zero-order valence-corrected chi connectivity index (χ0v) is 16.0. The van der Waals surface area contributed by atoms with Crippen molar-refractivity contribution in [3.63, 3.8) is 0 Å². The van der Waals surface area contributed by atoms with Crippen molar-refractivity contribution in [2.45, 2.75) is 31.8 Å². The minimum absolute atomic E-state index is 0.0491. The highest BCUT2D eigenvalue weighted by atomic mass is 16.5. The van der Waals surface area contributed by atoms with E-state index in [-0.39, 0.29) is 25.9 Å². The van der Waals surface area contributed by atoms with Gasteiger partial charge >= 0.3 is 5.97 Å². The van der Waals surface area contributed by atoms with Gasteiger partial charge in [0.25, 0.3) is 0 Å². The van der Waals surface area contributed by atoms with Crippen molar-refractivity contribution in [2.24, 2.45) is 0 Å². The SMILES string of the molecule is COc1ccc(-c2oc3c(c2C(=O)OCCO)C(OCCCO)CCC3)cc1. The predicted octanol–water partition coefficient (Wildman–Crippen LogP) is 2.88. The van der Waals surface area contributed by atoms with E-state index in [0.717, 1.165) is 29.7 Å². The third-order valence-corrected chi connectivity index (χ3v) is 4.72. The van der Waals surface area contributed by atoms with E-state index in [2.05, 4.69) is 0 Å². The molecule has 1 atom stereocenters. The van der Waals surface area contributed by atoms with E-state index in [9.17, 15) is 4.79 Å². The smallest absolute Gasteiger partial charge is 0.342 e. The summed E-state index contributed by atoms with van der Waals surface area (Å²) in [6, 6.07) is 7.25. The van der Waals surface area contributed by atoms with Crippen molar-refractivity contribution in [1.82, 2.24) is 0 Å². The number of hydrogen-bond donors (Lipinski definition) is 2. The van der Waals surface area contributed by atoms with E-state index in [0.29, 0.717) is 36.5 Å². The Morgan fingerprint density at radius 1 is 1.18 bits per heavy atom. The zero-order valence-electron chi connectivity index (χ0n) is 16.0. The van der Waals surface area contributed by atoms with Gasteiger partial charge in [-0.3, -0.25) is 0 Å². The van der Waals surface area contributed by atoms with Crippen LogP contribution in [0.5, 0.6) is 5.75 Å². The number of rotatable bonds is 9. The summed E-state index contributed by atoms with van der Waals surface area (Å²) in [5, 5.41) is 18.0. The Balaban J connectivity index is 2.02. The first-order valence-electron chi connectivity index (χ1n) is 9.50. The fraction of sp³-hybridized carbons (Fsp3) is 0.476. The van der Waals surface area contributed by atoms with Gasteiger partial charge in [-0.05, 0) is 43.5 Å². The molecule has 0 fully saturated rings. The van der Waals surface area contributed by atoms with E-state index >= 15 is 0 Å². The minimum Gasteiger partial charge on any atom is -0.497 e. The number of ether oxygens (including phenoxy) is 3. The molecule has 0 amide bonds. The second-order valence-corrected chi connectivity index (χ2v) is 6.56. The van der Waals surface area contributed by atoms with Crippen LogP contribution in [0.25, 0.3) is 11.3 Å². The van der Waals surface area contributed by atoms with E-state index in [1.54, 1.807) is 19.2 Å². The molecule has 0 saturated carbocycles. The Morgan fingerprint density at radius 3 is 2.64 bits per heavy atom. The molecule has 7 heteroatoms. The van der Waals surface area contributed by atoms with Crippen LogP contribution >= 0.6 is 0 Å². The lowest BCUT2D eigenvalue weighted by Crippen LogP contribution is -2.18. The third-order valence-electron chi connectivity index (χ3n) is 4.72. The second kappa shape index (κ2) is 9.73. The quantitative estimate of drug-likeness (QED) is 0.502. The molecule has 0 bridgehead atoms. The first kappa shape index (κ1) is 20.4. The monoisotopic (exact) mass is 390 g/mol. The number of esters is 1. The van der Waals surface area contributed by atoms with Crippen LogP contribution in [-0.4, -0.2) is 49.7 Å². The van der Waals surface area contributed by atoms with Crippen LogP contribution in [0.15, 0.2) is 28.7 Å². The Labute approximate surface area is 163 Å². The lowest BCUT2D eigenvalue weighted by Gasteiger charge is -2.23. The first-order chi connectivity index (χ1) is 13.7. The molecule has 2 N–H and O–H groups in total. The van der Waals surface area contributed by atoms with Crippen LogP contribution < -0.4 is 4.74 Å². The number of methoxy groups -OCH3 is 1. The molecule has 2 aromatic rings. The first-order valence-corrected chi connectivity index (χ1v) is 9.50. The topological polar surface area (TPSA) is 98.4 Å².